The average Bonchev–Trinajstić information content (AvgIpc) is 2.80. The number of carbonyl (C=O) groups excluding carboxylic acids is 1. The Balaban J connectivity index is 1.60. The van der Waals surface area contributed by atoms with Crippen LogP contribution < -0.4 is 20.2 Å². The van der Waals surface area contributed by atoms with E-state index in [1.165, 1.54) is 19.3 Å². The van der Waals surface area contributed by atoms with Gasteiger partial charge in [-0.05, 0) is 73.9 Å². The van der Waals surface area contributed by atoms with Crippen molar-refractivity contribution in [3.63, 3.8) is 0 Å². The van der Waals surface area contributed by atoms with E-state index in [1.54, 1.807) is 36.5 Å². The molecule has 32 heavy (non-hydrogen) atoms. The monoisotopic (exact) mass is 517 g/mol. The van der Waals surface area contributed by atoms with Gasteiger partial charge in [-0.25, -0.2) is 4.79 Å². The van der Waals surface area contributed by atoms with Crippen LogP contribution in [0.25, 0.3) is 0 Å². The van der Waals surface area contributed by atoms with Crippen LogP contribution in [0.3, 0.4) is 0 Å². The molecule has 2 aromatic rings. The van der Waals surface area contributed by atoms with E-state index in [-0.39, 0.29) is 0 Å². The lowest BCUT2D eigenvalue weighted by atomic mass is 9.96. The molecule has 0 spiro atoms. The maximum Gasteiger partial charge on any atom is 0.343 e. The van der Waals surface area contributed by atoms with Crippen molar-refractivity contribution in [2.75, 3.05) is 6.61 Å². The summed E-state index contributed by atoms with van der Waals surface area (Å²) in [4.78, 5) is 12.6. The van der Waals surface area contributed by atoms with E-state index >= 15 is 0 Å². The summed E-state index contributed by atoms with van der Waals surface area (Å²) >= 11 is 8.79. The number of thiocarbonyl (C=S) groups is 1. The van der Waals surface area contributed by atoms with Crippen molar-refractivity contribution >= 4 is 45.4 Å². The summed E-state index contributed by atoms with van der Waals surface area (Å²) in [5.74, 6) is 0.677. The van der Waals surface area contributed by atoms with Crippen molar-refractivity contribution in [2.45, 2.75) is 51.5 Å². The molecule has 0 bridgehead atoms. The van der Waals surface area contributed by atoms with Crippen molar-refractivity contribution in [3.8, 4) is 11.5 Å². The van der Waals surface area contributed by atoms with Crippen LogP contribution >= 0.6 is 28.1 Å². The molecule has 6 nitrogen and oxygen atoms in total. The van der Waals surface area contributed by atoms with Crippen molar-refractivity contribution in [1.29, 1.82) is 0 Å². The van der Waals surface area contributed by atoms with Gasteiger partial charge in [-0.1, -0.05) is 42.1 Å². The number of nitrogens with one attached hydrogen (secondary N) is 2. The largest absolute Gasteiger partial charge is 0.494 e. The molecule has 1 aliphatic rings. The first-order chi connectivity index (χ1) is 15.5. The summed E-state index contributed by atoms with van der Waals surface area (Å²) in [6.45, 7) is 2.68. The predicted molar refractivity (Wildman–Crippen MR) is 135 cm³/mol. The SMILES string of the molecule is CCCOc1ccc(C(=O)Oc2ccc(Br)cc2/C=N\NC(=S)NC2CCCCC2)cc1. The van der Waals surface area contributed by atoms with Crippen LogP contribution in [0.2, 0.25) is 0 Å². The third kappa shape index (κ3) is 7.60. The van der Waals surface area contributed by atoms with Gasteiger partial charge in [0.05, 0.1) is 18.4 Å². The lowest BCUT2D eigenvalue weighted by Gasteiger charge is -2.23. The first-order valence-electron chi connectivity index (χ1n) is 10.9. The predicted octanol–water partition coefficient (Wildman–Crippen LogP) is 5.59. The van der Waals surface area contributed by atoms with Gasteiger partial charge < -0.3 is 14.8 Å². The Bertz CT molecular complexity index is 944. The summed E-state index contributed by atoms with van der Waals surface area (Å²) in [7, 11) is 0. The number of carbonyl (C=O) groups is 1. The fourth-order valence-electron chi connectivity index (χ4n) is 3.40. The summed E-state index contributed by atoms with van der Waals surface area (Å²) in [6, 6.07) is 12.7. The number of nitrogens with zero attached hydrogens (tertiary/aromatic N) is 1. The molecule has 0 radical (unpaired) electrons. The lowest BCUT2D eigenvalue weighted by molar-refractivity contribution is 0.0734. The number of hydrogen-bond acceptors (Lipinski definition) is 5. The molecule has 2 N–H and O–H groups in total. The van der Waals surface area contributed by atoms with Gasteiger partial charge in [-0.3, -0.25) is 5.43 Å². The van der Waals surface area contributed by atoms with Gasteiger partial charge in [0.2, 0.25) is 0 Å². The number of benzene rings is 2. The molecule has 0 heterocycles. The van der Waals surface area contributed by atoms with Crippen LogP contribution in [-0.2, 0) is 0 Å². The van der Waals surface area contributed by atoms with Gasteiger partial charge in [-0.2, -0.15) is 5.10 Å². The quantitative estimate of drug-likeness (QED) is 0.156. The van der Waals surface area contributed by atoms with Crippen LogP contribution in [0.5, 0.6) is 11.5 Å². The maximum absolute atomic E-state index is 12.6. The van der Waals surface area contributed by atoms with Crippen LogP contribution in [0.1, 0.15) is 61.4 Å². The molecule has 1 fully saturated rings. The molecule has 3 rings (SSSR count). The molecular weight excluding hydrogens is 490 g/mol. The van der Waals surface area contributed by atoms with Crippen molar-refractivity contribution < 1.29 is 14.3 Å². The third-order valence-corrected chi connectivity index (χ3v) is 5.75. The van der Waals surface area contributed by atoms with Crippen LogP contribution in [-0.4, -0.2) is 29.9 Å². The highest BCUT2D eigenvalue weighted by Gasteiger charge is 2.14. The molecule has 1 saturated carbocycles. The first kappa shape index (κ1) is 24.2. The Hall–Kier alpha value is -2.45. The second-order valence-electron chi connectivity index (χ2n) is 7.62. The molecular formula is C24H28BrN3O3S. The van der Waals surface area contributed by atoms with Crippen molar-refractivity contribution in [1.82, 2.24) is 10.7 Å². The highest BCUT2D eigenvalue weighted by molar-refractivity contribution is 9.10. The summed E-state index contributed by atoms with van der Waals surface area (Å²) < 4.78 is 12.0. The van der Waals surface area contributed by atoms with E-state index < -0.39 is 5.97 Å². The second kappa shape index (κ2) is 12.6. The van der Waals surface area contributed by atoms with Gasteiger partial charge in [-0.15, -0.1) is 0 Å². The van der Waals surface area contributed by atoms with Gasteiger partial charge in [0.25, 0.3) is 0 Å². The molecule has 1 aliphatic carbocycles. The van der Waals surface area contributed by atoms with Crippen LogP contribution in [0.4, 0.5) is 0 Å². The van der Waals surface area contributed by atoms with Crippen LogP contribution in [0, 0.1) is 0 Å². The third-order valence-electron chi connectivity index (χ3n) is 5.05. The van der Waals surface area contributed by atoms with Crippen LogP contribution in [0.15, 0.2) is 52.0 Å². The maximum atomic E-state index is 12.6. The average molecular weight is 518 g/mol. The van der Waals surface area contributed by atoms with E-state index in [0.717, 1.165) is 29.5 Å². The minimum atomic E-state index is -0.452. The van der Waals surface area contributed by atoms with E-state index in [4.69, 9.17) is 21.7 Å². The minimum absolute atomic E-state index is 0.403. The van der Waals surface area contributed by atoms with E-state index in [9.17, 15) is 4.79 Å². The minimum Gasteiger partial charge on any atom is -0.494 e. The Labute approximate surface area is 202 Å². The number of hydrazone groups is 1. The number of rotatable bonds is 8. The Morgan fingerprint density at radius 3 is 2.66 bits per heavy atom. The van der Waals surface area contributed by atoms with Gasteiger partial charge >= 0.3 is 5.97 Å². The van der Waals surface area contributed by atoms with Gasteiger partial charge in [0, 0.05) is 16.1 Å². The second-order valence-corrected chi connectivity index (χ2v) is 8.95. The van der Waals surface area contributed by atoms with Crippen molar-refractivity contribution in [3.05, 3.63) is 58.1 Å². The number of halogens is 1. The normalized spacial score (nSPS) is 14.2. The zero-order valence-electron chi connectivity index (χ0n) is 18.1. The molecule has 8 heteroatoms. The zero-order chi connectivity index (χ0) is 22.8. The smallest absolute Gasteiger partial charge is 0.343 e. The number of esters is 1. The van der Waals surface area contributed by atoms with E-state index in [1.807, 2.05) is 19.1 Å². The van der Waals surface area contributed by atoms with Crippen molar-refractivity contribution in [2.24, 2.45) is 5.10 Å². The number of ether oxygens (including phenoxy) is 2. The molecule has 2 aromatic carbocycles. The summed E-state index contributed by atoms with van der Waals surface area (Å²) in [5, 5.41) is 8.02. The topological polar surface area (TPSA) is 72.0 Å². The van der Waals surface area contributed by atoms with E-state index in [2.05, 4.69) is 31.8 Å². The Morgan fingerprint density at radius 1 is 1.19 bits per heavy atom. The zero-order valence-corrected chi connectivity index (χ0v) is 20.5. The Kier molecular flexibility index (Phi) is 9.49. The molecule has 0 unspecified atom stereocenters. The molecule has 0 saturated heterocycles. The Morgan fingerprint density at radius 2 is 1.94 bits per heavy atom. The fraction of sp³-hybridized carbons (Fsp3) is 0.375. The highest BCUT2D eigenvalue weighted by atomic mass is 79.9. The summed E-state index contributed by atoms with van der Waals surface area (Å²) in [5.41, 5.74) is 3.94. The fourth-order valence-corrected chi connectivity index (χ4v) is 4.00. The molecule has 0 amide bonds. The lowest BCUT2D eigenvalue weighted by Crippen LogP contribution is -2.40. The molecule has 0 aromatic heterocycles. The van der Waals surface area contributed by atoms with E-state index in [0.29, 0.717) is 34.6 Å². The molecule has 0 aliphatic heterocycles. The van der Waals surface area contributed by atoms with Gasteiger partial charge in [0.1, 0.15) is 11.5 Å². The van der Waals surface area contributed by atoms with Gasteiger partial charge in [0.15, 0.2) is 5.11 Å². The number of hydrogen-bond donors (Lipinski definition) is 2. The molecule has 170 valence electrons. The highest BCUT2D eigenvalue weighted by Crippen LogP contribution is 2.23. The summed E-state index contributed by atoms with van der Waals surface area (Å²) in [6.07, 6.45) is 8.51. The first-order valence-corrected chi connectivity index (χ1v) is 12.1. The molecule has 0 atom stereocenters. The standard InChI is InChI=1S/C24H28BrN3O3S/c1-2-14-30-21-11-8-17(9-12-21)23(29)31-22-13-10-19(25)15-18(22)16-26-28-24(32)27-20-6-4-3-5-7-20/h8-13,15-16,20H,2-7,14H2,1H3,(H2,27,28,32)/b26-16-.